The van der Waals surface area contributed by atoms with Crippen molar-refractivity contribution in [1.29, 1.82) is 0 Å². The molecule has 0 fully saturated rings. The number of hydrogen-bond donors (Lipinski definition) is 2. The fourth-order valence-corrected chi connectivity index (χ4v) is 2.49. The fourth-order valence-electron chi connectivity index (χ4n) is 2.49. The van der Waals surface area contributed by atoms with Crippen molar-refractivity contribution in [2.45, 2.75) is 33.7 Å². The second kappa shape index (κ2) is 6.18. The predicted molar refractivity (Wildman–Crippen MR) is 75.1 cm³/mol. The zero-order valence-electron chi connectivity index (χ0n) is 11.7. The maximum atomic E-state index is 5.94. The van der Waals surface area contributed by atoms with Gasteiger partial charge in [0.15, 0.2) is 0 Å². The van der Waals surface area contributed by atoms with Gasteiger partial charge in [-0.2, -0.15) is 0 Å². The van der Waals surface area contributed by atoms with Gasteiger partial charge in [-0.3, -0.25) is 0 Å². The largest absolute Gasteiger partial charge is 0.330 e. The smallest absolute Gasteiger partial charge is 0.0363 e. The lowest BCUT2D eigenvalue weighted by molar-refractivity contribution is 0.298. The van der Waals surface area contributed by atoms with E-state index < -0.39 is 0 Å². The Morgan fingerprint density at radius 3 is 2.35 bits per heavy atom. The number of benzene rings is 1. The molecular weight excluding hydrogens is 208 g/mol. The van der Waals surface area contributed by atoms with Crippen LogP contribution < -0.4 is 11.1 Å². The molecule has 0 bridgehead atoms. The molecule has 3 N–H and O–H groups in total. The highest BCUT2D eigenvalue weighted by Crippen LogP contribution is 2.29. The monoisotopic (exact) mass is 234 g/mol. The van der Waals surface area contributed by atoms with Crippen molar-refractivity contribution >= 4 is 0 Å². The normalized spacial score (nSPS) is 15.0. The van der Waals surface area contributed by atoms with Crippen LogP contribution >= 0.6 is 0 Å². The Balaban J connectivity index is 3.11. The van der Waals surface area contributed by atoms with Gasteiger partial charge in [0, 0.05) is 6.04 Å². The van der Waals surface area contributed by atoms with Crippen LogP contribution in [0.5, 0.6) is 0 Å². The van der Waals surface area contributed by atoms with E-state index >= 15 is 0 Å². The van der Waals surface area contributed by atoms with E-state index in [0.29, 0.717) is 17.9 Å². The van der Waals surface area contributed by atoms with Gasteiger partial charge >= 0.3 is 0 Å². The molecule has 2 atom stereocenters. The lowest BCUT2D eigenvalue weighted by atomic mass is 9.82. The van der Waals surface area contributed by atoms with Gasteiger partial charge in [-0.15, -0.1) is 0 Å². The van der Waals surface area contributed by atoms with E-state index in [-0.39, 0.29) is 0 Å². The molecule has 0 aromatic heterocycles. The minimum atomic E-state index is 0.347. The Bertz CT molecular complexity index is 358. The molecule has 96 valence electrons. The lowest BCUT2D eigenvalue weighted by Crippen LogP contribution is -2.34. The van der Waals surface area contributed by atoms with Crippen molar-refractivity contribution in [3.63, 3.8) is 0 Å². The first kappa shape index (κ1) is 14.2. The molecule has 1 aromatic rings. The van der Waals surface area contributed by atoms with Crippen LogP contribution in [0, 0.1) is 25.7 Å². The summed E-state index contributed by atoms with van der Waals surface area (Å²) < 4.78 is 0. The lowest BCUT2D eigenvalue weighted by Gasteiger charge is -2.30. The van der Waals surface area contributed by atoms with Gasteiger partial charge in [0.1, 0.15) is 0 Å². The minimum Gasteiger partial charge on any atom is -0.330 e. The first-order valence-electron chi connectivity index (χ1n) is 6.45. The summed E-state index contributed by atoms with van der Waals surface area (Å²) in [5, 5.41) is 3.44. The van der Waals surface area contributed by atoms with Gasteiger partial charge in [-0.05, 0) is 50.4 Å². The van der Waals surface area contributed by atoms with Gasteiger partial charge in [0.05, 0.1) is 0 Å². The van der Waals surface area contributed by atoms with Crippen molar-refractivity contribution in [2.24, 2.45) is 17.6 Å². The van der Waals surface area contributed by atoms with Crippen LogP contribution in [0.2, 0.25) is 0 Å². The third-order valence-corrected chi connectivity index (χ3v) is 3.64. The standard InChI is InChI=1S/C15H26N2/c1-10(2)14(9-16)15(17-5)13-8-11(3)6-7-12(13)4/h6-8,10,14-15,17H,9,16H2,1-5H3. The topological polar surface area (TPSA) is 38.0 Å². The average molecular weight is 234 g/mol. The summed E-state index contributed by atoms with van der Waals surface area (Å²) in [6.07, 6.45) is 0. The summed E-state index contributed by atoms with van der Waals surface area (Å²) in [4.78, 5) is 0. The van der Waals surface area contributed by atoms with Crippen LogP contribution in [-0.2, 0) is 0 Å². The number of rotatable bonds is 5. The fraction of sp³-hybridized carbons (Fsp3) is 0.600. The molecule has 17 heavy (non-hydrogen) atoms. The highest BCUT2D eigenvalue weighted by molar-refractivity contribution is 5.33. The van der Waals surface area contributed by atoms with Gasteiger partial charge < -0.3 is 11.1 Å². The quantitative estimate of drug-likeness (QED) is 0.822. The molecule has 1 aromatic carbocycles. The van der Waals surface area contributed by atoms with Crippen molar-refractivity contribution < 1.29 is 0 Å². The highest BCUT2D eigenvalue weighted by atomic mass is 14.9. The van der Waals surface area contributed by atoms with E-state index in [4.69, 9.17) is 5.73 Å². The van der Waals surface area contributed by atoms with Crippen molar-refractivity contribution in [3.8, 4) is 0 Å². The molecule has 0 saturated heterocycles. The second-order valence-corrected chi connectivity index (χ2v) is 5.27. The van der Waals surface area contributed by atoms with Crippen LogP contribution in [0.4, 0.5) is 0 Å². The molecular formula is C15H26N2. The average Bonchev–Trinajstić information content (AvgIpc) is 2.28. The number of aryl methyl sites for hydroxylation is 2. The molecule has 0 amide bonds. The number of nitrogens with one attached hydrogen (secondary N) is 1. The van der Waals surface area contributed by atoms with Crippen LogP contribution in [0.25, 0.3) is 0 Å². The molecule has 0 aliphatic rings. The third-order valence-electron chi connectivity index (χ3n) is 3.64. The summed E-state index contributed by atoms with van der Waals surface area (Å²) in [7, 11) is 2.03. The molecule has 2 unspecified atom stereocenters. The Hall–Kier alpha value is -0.860. The first-order valence-corrected chi connectivity index (χ1v) is 6.45. The maximum Gasteiger partial charge on any atom is 0.0363 e. The highest BCUT2D eigenvalue weighted by Gasteiger charge is 2.24. The van der Waals surface area contributed by atoms with E-state index in [0.717, 1.165) is 6.54 Å². The molecule has 0 radical (unpaired) electrons. The Labute approximate surface area is 106 Å². The summed E-state index contributed by atoms with van der Waals surface area (Å²) in [6, 6.07) is 6.99. The zero-order chi connectivity index (χ0) is 13.0. The molecule has 1 rings (SSSR count). The van der Waals surface area contributed by atoms with Crippen LogP contribution in [0.15, 0.2) is 18.2 Å². The van der Waals surface area contributed by atoms with Crippen molar-refractivity contribution in [3.05, 3.63) is 34.9 Å². The van der Waals surface area contributed by atoms with E-state index in [1.165, 1.54) is 16.7 Å². The Morgan fingerprint density at radius 1 is 1.24 bits per heavy atom. The van der Waals surface area contributed by atoms with Crippen LogP contribution in [0.3, 0.4) is 0 Å². The Morgan fingerprint density at radius 2 is 1.88 bits per heavy atom. The third kappa shape index (κ3) is 3.30. The molecule has 0 heterocycles. The molecule has 2 heteroatoms. The number of hydrogen-bond acceptors (Lipinski definition) is 2. The minimum absolute atomic E-state index is 0.347. The second-order valence-electron chi connectivity index (χ2n) is 5.27. The van der Waals surface area contributed by atoms with E-state index in [1.54, 1.807) is 0 Å². The first-order chi connectivity index (χ1) is 8.01. The summed E-state index contributed by atoms with van der Waals surface area (Å²) >= 11 is 0. The molecule has 0 aliphatic carbocycles. The van der Waals surface area contributed by atoms with Gasteiger partial charge in [0.2, 0.25) is 0 Å². The summed E-state index contributed by atoms with van der Waals surface area (Å²) in [5.41, 5.74) is 9.97. The van der Waals surface area contributed by atoms with Crippen molar-refractivity contribution in [1.82, 2.24) is 5.32 Å². The van der Waals surface area contributed by atoms with Gasteiger partial charge in [-0.25, -0.2) is 0 Å². The van der Waals surface area contributed by atoms with Gasteiger partial charge in [-0.1, -0.05) is 37.6 Å². The molecule has 0 aliphatic heterocycles. The predicted octanol–water partition coefficient (Wildman–Crippen LogP) is 2.79. The van der Waals surface area contributed by atoms with Crippen LogP contribution in [0.1, 0.15) is 36.6 Å². The summed E-state index contributed by atoms with van der Waals surface area (Å²) in [5.74, 6) is 1.05. The summed E-state index contributed by atoms with van der Waals surface area (Å²) in [6.45, 7) is 9.52. The molecule has 0 saturated carbocycles. The van der Waals surface area contributed by atoms with Crippen molar-refractivity contribution in [2.75, 3.05) is 13.6 Å². The van der Waals surface area contributed by atoms with E-state index in [1.807, 2.05) is 7.05 Å². The zero-order valence-corrected chi connectivity index (χ0v) is 11.7. The molecule has 0 spiro atoms. The Kier molecular flexibility index (Phi) is 5.16. The van der Waals surface area contributed by atoms with E-state index in [9.17, 15) is 0 Å². The maximum absolute atomic E-state index is 5.94. The van der Waals surface area contributed by atoms with Gasteiger partial charge in [0.25, 0.3) is 0 Å². The molecule has 2 nitrogen and oxygen atoms in total. The van der Waals surface area contributed by atoms with Crippen LogP contribution in [-0.4, -0.2) is 13.6 Å². The number of nitrogens with two attached hydrogens (primary N) is 1. The van der Waals surface area contributed by atoms with E-state index in [2.05, 4.69) is 51.2 Å². The SMILES string of the molecule is CNC(c1cc(C)ccc1C)C(CN)C(C)C.